The zero-order valence-electron chi connectivity index (χ0n) is 21.9. The second kappa shape index (κ2) is 10.5. The van der Waals surface area contributed by atoms with Crippen LogP contribution < -0.4 is 5.56 Å². The van der Waals surface area contributed by atoms with Crippen LogP contribution >= 0.6 is 11.8 Å². The summed E-state index contributed by atoms with van der Waals surface area (Å²) < 4.78 is 3.44. The average Bonchev–Trinajstić information content (AvgIpc) is 3.54. The molecule has 1 amide bonds. The minimum atomic E-state index is -0.264. The molecule has 3 heterocycles. The van der Waals surface area contributed by atoms with Crippen LogP contribution in [0.15, 0.2) is 95.0 Å². The van der Waals surface area contributed by atoms with Crippen LogP contribution in [0.3, 0.4) is 0 Å². The van der Waals surface area contributed by atoms with Crippen molar-refractivity contribution >= 4 is 28.7 Å². The van der Waals surface area contributed by atoms with Crippen LogP contribution in [0, 0.1) is 13.8 Å². The monoisotopic (exact) mass is 535 g/mol. The fourth-order valence-corrected chi connectivity index (χ4v) is 6.30. The molecule has 1 atom stereocenters. The zero-order valence-corrected chi connectivity index (χ0v) is 22.8. The molecule has 1 aliphatic rings. The van der Waals surface area contributed by atoms with Gasteiger partial charge in [0.15, 0.2) is 10.8 Å². The highest BCUT2D eigenvalue weighted by Crippen LogP contribution is 2.34. The maximum absolute atomic E-state index is 13.7. The number of aryl methyl sites for hydroxylation is 2. The fourth-order valence-electron chi connectivity index (χ4n) is 5.17. The molecule has 2 aromatic heterocycles. The predicted molar refractivity (Wildman–Crippen MR) is 154 cm³/mol. The highest BCUT2D eigenvalue weighted by Gasteiger charge is 2.31. The smallest absolute Gasteiger partial charge is 0.265 e. The van der Waals surface area contributed by atoms with Gasteiger partial charge in [0.25, 0.3) is 5.56 Å². The molecule has 1 aliphatic heterocycles. The topological polar surface area (TPSA) is 73.0 Å². The minimum Gasteiger partial charge on any atom is -0.334 e. The van der Waals surface area contributed by atoms with Crippen LogP contribution in [-0.4, -0.2) is 35.9 Å². The summed E-state index contributed by atoms with van der Waals surface area (Å²) in [6, 6.07) is 25.9. The molecule has 7 nitrogen and oxygen atoms in total. The quantitative estimate of drug-likeness (QED) is 0.259. The van der Waals surface area contributed by atoms with Crippen molar-refractivity contribution in [3.05, 3.63) is 118 Å². The Morgan fingerprint density at radius 2 is 1.64 bits per heavy atom. The van der Waals surface area contributed by atoms with Gasteiger partial charge in [-0.3, -0.25) is 14.2 Å². The third kappa shape index (κ3) is 5.00. The lowest BCUT2D eigenvalue weighted by atomic mass is 10.1. The molecule has 5 aromatic rings. The van der Waals surface area contributed by atoms with Gasteiger partial charge in [-0.25, -0.2) is 9.67 Å². The lowest BCUT2D eigenvalue weighted by Gasteiger charge is -2.25. The highest BCUT2D eigenvalue weighted by molar-refractivity contribution is 7.99. The SMILES string of the molecule is Cc1ccc(-n2ncc3c(=O)n4c(nc32)SCC4CC(=O)N(Cc2ccccc2)Cc2ccccc2)c(C)c1. The number of hydrogen-bond acceptors (Lipinski definition) is 5. The van der Waals surface area contributed by atoms with E-state index in [-0.39, 0.29) is 23.9 Å². The van der Waals surface area contributed by atoms with Crippen molar-refractivity contribution in [3.63, 3.8) is 0 Å². The van der Waals surface area contributed by atoms with Crippen molar-refractivity contribution in [3.8, 4) is 5.69 Å². The molecule has 196 valence electrons. The molecule has 0 saturated carbocycles. The van der Waals surface area contributed by atoms with Crippen LogP contribution in [0.2, 0.25) is 0 Å². The summed E-state index contributed by atoms with van der Waals surface area (Å²) in [5.74, 6) is 0.640. The van der Waals surface area contributed by atoms with Gasteiger partial charge in [0.2, 0.25) is 5.91 Å². The van der Waals surface area contributed by atoms with Gasteiger partial charge in [0, 0.05) is 25.3 Å². The van der Waals surface area contributed by atoms with E-state index in [9.17, 15) is 9.59 Å². The molecular weight excluding hydrogens is 506 g/mol. The largest absolute Gasteiger partial charge is 0.334 e. The first kappa shape index (κ1) is 25.1. The summed E-state index contributed by atoms with van der Waals surface area (Å²) in [7, 11) is 0. The van der Waals surface area contributed by atoms with E-state index < -0.39 is 0 Å². The van der Waals surface area contributed by atoms with E-state index in [0.29, 0.717) is 35.0 Å². The molecule has 8 heteroatoms. The van der Waals surface area contributed by atoms with Crippen LogP contribution in [-0.2, 0) is 17.9 Å². The van der Waals surface area contributed by atoms with Crippen molar-refractivity contribution in [2.45, 2.75) is 44.6 Å². The maximum atomic E-state index is 13.7. The fraction of sp³-hybridized carbons (Fsp3) is 0.226. The Morgan fingerprint density at radius 1 is 0.974 bits per heavy atom. The molecule has 0 bridgehead atoms. The Labute approximate surface area is 231 Å². The molecule has 0 saturated heterocycles. The van der Waals surface area contributed by atoms with Gasteiger partial charge in [-0.15, -0.1) is 0 Å². The molecule has 0 spiro atoms. The summed E-state index contributed by atoms with van der Waals surface area (Å²) in [6.45, 7) is 5.10. The number of fused-ring (bicyclic) bond motifs is 2. The van der Waals surface area contributed by atoms with Gasteiger partial charge >= 0.3 is 0 Å². The first-order chi connectivity index (χ1) is 19.0. The van der Waals surface area contributed by atoms with Crippen molar-refractivity contribution < 1.29 is 4.79 Å². The van der Waals surface area contributed by atoms with Crippen LogP contribution in [0.4, 0.5) is 0 Å². The van der Waals surface area contributed by atoms with Crippen LogP contribution in [0.5, 0.6) is 0 Å². The Bertz CT molecular complexity index is 1670. The number of amides is 1. The summed E-state index contributed by atoms with van der Waals surface area (Å²) in [6.07, 6.45) is 1.83. The minimum absolute atomic E-state index is 0.0131. The van der Waals surface area contributed by atoms with E-state index in [1.54, 1.807) is 15.4 Å². The van der Waals surface area contributed by atoms with Crippen molar-refractivity contribution in [1.82, 2.24) is 24.2 Å². The number of nitrogens with zero attached hydrogens (tertiary/aromatic N) is 5. The normalized spacial score (nSPS) is 14.5. The van der Waals surface area contributed by atoms with E-state index in [4.69, 9.17) is 4.98 Å². The number of rotatable bonds is 7. The third-order valence-electron chi connectivity index (χ3n) is 7.15. The second-order valence-electron chi connectivity index (χ2n) is 10.0. The lowest BCUT2D eigenvalue weighted by Crippen LogP contribution is -2.34. The van der Waals surface area contributed by atoms with Gasteiger partial charge in [-0.05, 0) is 36.6 Å². The standard InChI is InChI=1S/C31H29N5O2S/c1-21-13-14-27(22(2)15-21)36-29-26(17-32-36)30(38)35-25(20-39-31(35)33-29)16-28(37)34(18-23-9-5-3-6-10-23)19-24-11-7-4-8-12-24/h3-15,17,25H,16,18-20H2,1-2H3. The molecule has 0 radical (unpaired) electrons. The van der Waals surface area contributed by atoms with E-state index in [2.05, 4.69) is 11.2 Å². The average molecular weight is 536 g/mol. The first-order valence-corrected chi connectivity index (χ1v) is 14.0. The summed E-state index contributed by atoms with van der Waals surface area (Å²) in [5.41, 5.74) is 5.68. The van der Waals surface area contributed by atoms with Gasteiger partial charge < -0.3 is 4.90 Å². The van der Waals surface area contributed by atoms with Crippen molar-refractivity contribution in [2.75, 3.05) is 5.75 Å². The predicted octanol–water partition coefficient (Wildman–Crippen LogP) is 5.46. The summed E-state index contributed by atoms with van der Waals surface area (Å²) in [5, 5.41) is 5.62. The molecule has 3 aromatic carbocycles. The number of carbonyl (C=O) groups excluding carboxylic acids is 1. The molecular formula is C31H29N5O2S. The van der Waals surface area contributed by atoms with Gasteiger partial charge in [0.05, 0.1) is 17.9 Å². The van der Waals surface area contributed by atoms with Gasteiger partial charge in [-0.1, -0.05) is 90.1 Å². The number of thioether (sulfide) groups is 1. The van der Waals surface area contributed by atoms with Crippen molar-refractivity contribution in [2.24, 2.45) is 0 Å². The molecule has 0 fully saturated rings. The molecule has 0 aliphatic carbocycles. The second-order valence-corrected chi connectivity index (χ2v) is 11.0. The Hall–Kier alpha value is -4.17. The van der Waals surface area contributed by atoms with Gasteiger partial charge in [-0.2, -0.15) is 5.10 Å². The van der Waals surface area contributed by atoms with E-state index in [1.165, 1.54) is 17.3 Å². The number of aromatic nitrogens is 4. The Morgan fingerprint density at radius 3 is 2.28 bits per heavy atom. The molecule has 6 rings (SSSR count). The molecule has 0 N–H and O–H groups in total. The van der Waals surface area contributed by atoms with Crippen LogP contribution in [0.25, 0.3) is 16.7 Å². The highest BCUT2D eigenvalue weighted by atomic mass is 32.2. The number of benzene rings is 3. The van der Waals surface area contributed by atoms with E-state index in [0.717, 1.165) is 22.4 Å². The Kier molecular flexibility index (Phi) is 6.79. The summed E-state index contributed by atoms with van der Waals surface area (Å²) >= 11 is 1.52. The molecule has 1 unspecified atom stereocenters. The number of hydrogen-bond donors (Lipinski definition) is 0. The number of carbonyl (C=O) groups is 1. The first-order valence-electron chi connectivity index (χ1n) is 13.0. The van der Waals surface area contributed by atoms with Crippen LogP contribution in [0.1, 0.15) is 34.7 Å². The zero-order chi connectivity index (χ0) is 26.9. The van der Waals surface area contributed by atoms with Gasteiger partial charge in [0.1, 0.15) is 5.39 Å². The van der Waals surface area contributed by atoms with Crippen molar-refractivity contribution in [1.29, 1.82) is 0 Å². The van der Waals surface area contributed by atoms with E-state index >= 15 is 0 Å². The maximum Gasteiger partial charge on any atom is 0.265 e. The lowest BCUT2D eigenvalue weighted by molar-refractivity contribution is -0.133. The Balaban J connectivity index is 1.30. The molecule has 39 heavy (non-hydrogen) atoms. The van der Waals surface area contributed by atoms with E-state index in [1.807, 2.05) is 91.5 Å². The summed E-state index contributed by atoms with van der Waals surface area (Å²) in [4.78, 5) is 34.1. The third-order valence-corrected chi connectivity index (χ3v) is 8.24.